The summed E-state index contributed by atoms with van der Waals surface area (Å²) >= 11 is 2.04. The van der Waals surface area contributed by atoms with Crippen molar-refractivity contribution in [2.24, 2.45) is 5.92 Å². The molecule has 0 amide bonds. The summed E-state index contributed by atoms with van der Waals surface area (Å²) in [7, 11) is 0. The van der Waals surface area contributed by atoms with Gasteiger partial charge in [0.25, 0.3) is 0 Å². The molecular formula is C14H21NO2S. The van der Waals surface area contributed by atoms with E-state index < -0.39 is 0 Å². The number of hydrogen-bond donors (Lipinski definition) is 3. The predicted molar refractivity (Wildman–Crippen MR) is 76.2 cm³/mol. The van der Waals surface area contributed by atoms with Gasteiger partial charge in [0, 0.05) is 17.7 Å². The average molecular weight is 267 g/mol. The SMILES string of the molecule is CC(NCC1CCSCC1)c1ccc(O)cc1O. The fourth-order valence-electron chi connectivity index (χ4n) is 2.30. The molecule has 100 valence electrons. The third kappa shape index (κ3) is 3.56. The predicted octanol–water partition coefficient (Wildman–Crippen LogP) is 2.89. The van der Waals surface area contributed by atoms with Crippen molar-refractivity contribution in [1.82, 2.24) is 5.32 Å². The molecule has 0 spiro atoms. The first kappa shape index (κ1) is 13.6. The molecule has 0 radical (unpaired) electrons. The number of phenols is 2. The van der Waals surface area contributed by atoms with Crippen LogP contribution in [0.3, 0.4) is 0 Å². The van der Waals surface area contributed by atoms with E-state index in [1.807, 2.05) is 18.7 Å². The molecule has 1 aliphatic rings. The van der Waals surface area contributed by atoms with Crippen molar-refractivity contribution in [3.05, 3.63) is 23.8 Å². The van der Waals surface area contributed by atoms with Gasteiger partial charge in [0.05, 0.1) is 0 Å². The van der Waals surface area contributed by atoms with Gasteiger partial charge in [-0.05, 0) is 49.8 Å². The highest BCUT2D eigenvalue weighted by molar-refractivity contribution is 7.99. The Bertz CT molecular complexity index is 391. The molecule has 0 bridgehead atoms. The number of aromatic hydroxyl groups is 2. The first-order chi connectivity index (χ1) is 8.66. The molecule has 1 atom stereocenters. The zero-order valence-corrected chi connectivity index (χ0v) is 11.5. The van der Waals surface area contributed by atoms with Crippen LogP contribution in [0.25, 0.3) is 0 Å². The summed E-state index contributed by atoms with van der Waals surface area (Å²) in [6.07, 6.45) is 2.57. The van der Waals surface area contributed by atoms with E-state index in [-0.39, 0.29) is 17.5 Å². The summed E-state index contributed by atoms with van der Waals surface area (Å²) in [6.45, 7) is 3.05. The topological polar surface area (TPSA) is 52.5 Å². The summed E-state index contributed by atoms with van der Waals surface area (Å²) in [6, 6.07) is 4.90. The molecule has 0 aromatic heterocycles. The number of phenolic OH excluding ortho intramolecular Hbond substituents is 2. The van der Waals surface area contributed by atoms with Gasteiger partial charge in [-0.25, -0.2) is 0 Å². The molecule has 1 heterocycles. The molecule has 1 unspecified atom stereocenters. The van der Waals surface area contributed by atoms with Gasteiger partial charge in [-0.3, -0.25) is 0 Å². The van der Waals surface area contributed by atoms with E-state index in [9.17, 15) is 10.2 Å². The first-order valence-corrected chi connectivity index (χ1v) is 7.65. The Morgan fingerprint density at radius 2 is 2.06 bits per heavy atom. The molecule has 1 fully saturated rings. The normalized spacial score (nSPS) is 18.7. The van der Waals surface area contributed by atoms with E-state index in [0.717, 1.165) is 18.0 Å². The van der Waals surface area contributed by atoms with Gasteiger partial charge in [-0.15, -0.1) is 0 Å². The van der Waals surface area contributed by atoms with Crippen molar-refractivity contribution < 1.29 is 10.2 Å². The minimum Gasteiger partial charge on any atom is -0.508 e. The molecule has 3 N–H and O–H groups in total. The largest absolute Gasteiger partial charge is 0.508 e. The fourth-order valence-corrected chi connectivity index (χ4v) is 3.51. The van der Waals surface area contributed by atoms with Gasteiger partial charge < -0.3 is 15.5 Å². The van der Waals surface area contributed by atoms with Crippen LogP contribution in [0, 0.1) is 5.92 Å². The highest BCUT2D eigenvalue weighted by atomic mass is 32.2. The van der Waals surface area contributed by atoms with Crippen molar-refractivity contribution in [1.29, 1.82) is 0 Å². The standard InChI is InChI=1S/C14H21NO2S/c1-10(13-3-2-12(16)8-14(13)17)15-9-11-4-6-18-7-5-11/h2-3,8,10-11,15-17H,4-7,9H2,1H3. The highest BCUT2D eigenvalue weighted by Gasteiger charge is 2.16. The smallest absolute Gasteiger partial charge is 0.124 e. The molecule has 1 saturated heterocycles. The van der Waals surface area contributed by atoms with E-state index in [1.165, 1.54) is 30.4 Å². The molecule has 0 aliphatic carbocycles. The second kappa shape index (κ2) is 6.34. The third-order valence-electron chi connectivity index (χ3n) is 3.53. The number of thioether (sulfide) groups is 1. The molecular weight excluding hydrogens is 246 g/mol. The second-order valence-corrected chi connectivity index (χ2v) is 6.15. The van der Waals surface area contributed by atoms with E-state index in [4.69, 9.17) is 0 Å². The lowest BCUT2D eigenvalue weighted by Gasteiger charge is -2.24. The Morgan fingerprint density at radius 1 is 1.33 bits per heavy atom. The van der Waals surface area contributed by atoms with Crippen molar-refractivity contribution in [2.45, 2.75) is 25.8 Å². The summed E-state index contributed by atoms with van der Waals surface area (Å²) in [4.78, 5) is 0. The molecule has 18 heavy (non-hydrogen) atoms. The lowest BCUT2D eigenvalue weighted by Crippen LogP contribution is -2.28. The van der Waals surface area contributed by atoms with Crippen molar-refractivity contribution in [3.8, 4) is 11.5 Å². The van der Waals surface area contributed by atoms with Gasteiger partial charge in [-0.2, -0.15) is 11.8 Å². The van der Waals surface area contributed by atoms with E-state index in [0.29, 0.717) is 0 Å². The zero-order chi connectivity index (χ0) is 13.0. The number of hydrogen-bond acceptors (Lipinski definition) is 4. The summed E-state index contributed by atoms with van der Waals surface area (Å²) < 4.78 is 0. The molecule has 1 aliphatic heterocycles. The van der Waals surface area contributed by atoms with E-state index in [1.54, 1.807) is 12.1 Å². The monoisotopic (exact) mass is 267 g/mol. The maximum absolute atomic E-state index is 9.80. The Balaban J connectivity index is 1.88. The maximum Gasteiger partial charge on any atom is 0.124 e. The average Bonchev–Trinajstić information content (AvgIpc) is 2.37. The Labute approximate surface area is 113 Å². The second-order valence-electron chi connectivity index (χ2n) is 4.93. The van der Waals surface area contributed by atoms with Crippen LogP contribution in [0.2, 0.25) is 0 Å². The molecule has 3 nitrogen and oxygen atoms in total. The van der Waals surface area contributed by atoms with Crippen LogP contribution in [-0.4, -0.2) is 28.3 Å². The van der Waals surface area contributed by atoms with Crippen molar-refractivity contribution >= 4 is 11.8 Å². The van der Waals surface area contributed by atoms with Crippen LogP contribution >= 0.6 is 11.8 Å². The van der Waals surface area contributed by atoms with Gasteiger partial charge in [0.1, 0.15) is 11.5 Å². The summed E-state index contributed by atoms with van der Waals surface area (Å²) in [5, 5.41) is 22.5. The number of rotatable bonds is 4. The summed E-state index contributed by atoms with van der Waals surface area (Å²) in [5.74, 6) is 3.56. The Kier molecular flexibility index (Phi) is 4.78. The van der Waals surface area contributed by atoms with Crippen LogP contribution in [0.4, 0.5) is 0 Å². The molecule has 2 rings (SSSR count). The highest BCUT2D eigenvalue weighted by Crippen LogP contribution is 2.28. The third-order valence-corrected chi connectivity index (χ3v) is 4.58. The molecule has 0 saturated carbocycles. The van der Waals surface area contributed by atoms with Gasteiger partial charge in [-0.1, -0.05) is 6.07 Å². The van der Waals surface area contributed by atoms with Gasteiger partial charge >= 0.3 is 0 Å². The number of nitrogens with one attached hydrogen (secondary N) is 1. The van der Waals surface area contributed by atoms with Crippen LogP contribution in [0.1, 0.15) is 31.4 Å². The lowest BCUT2D eigenvalue weighted by molar-refractivity contribution is 0.405. The van der Waals surface area contributed by atoms with Crippen LogP contribution in [-0.2, 0) is 0 Å². The van der Waals surface area contributed by atoms with Crippen LogP contribution in [0.5, 0.6) is 11.5 Å². The minimum absolute atomic E-state index is 0.104. The van der Waals surface area contributed by atoms with Gasteiger partial charge in [0.2, 0.25) is 0 Å². The summed E-state index contributed by atoms with van der Waals surface area (Å²) in [5.41, 5.74) is 0.845. The van der Waals surface area contributed by atoms with E-state index in [2.05, 4.69) is 5.32 Å². The lowest BCUT2D eigenvalue weighted by atomic mass is 10.0. The molecule has 1 aromatic rings. The Hall–Kier alpha value is -0.870. The van der Waals surface area contributed by atoms with Gasteiger partial charge in [0.15, 0.2) is 0 Å². The first-order valence-electron chi connectivity index (χ1n) is 6.50. The van der Waals surface area contributed by atoms with E-state index >= 15 is 0 Å². The molecule has 4 heteroatoms. The molecule has 1 aromatic carbocycles. The Morgan fingerprint density at radius 3 is 2.72 bits per heavy atom. The zero-order valence-electron chi connectivity index (χ0n) is 10.7. The van der Waals surface area contributed by atoms with Crippen LogP contribution < -0.4 is 5.32 Å². The van der Waals surface area contributed by atoms with Crippen LogP contribution in [0.15, 0.2) is 18.2 Å². The van der Waals surface area contributed by atoms with Crippen molar-refractivity contribution in [3.63, 3.8) is 0 Å². The van der Waals surface area contributed by atoms with Crippen molar-refractivity contribution in [2.75, 3.05) is 18.1 Å². The fraction of sp³-hybridized carbons (Fsp3) is 0.571. The maximum atomic E-state index is 9.80. The quantitative estimate of drug-likeness (QED) is 0.785. The minimum atomic E-state index is 0.104. The number of benzene rings is 1.